The van der Waals surface area contributed by atoms with Gasteiger partial charge < -0.3 is 4.74 Å². The third-order valence-corrected chi connectivity index (χ3v) is 2.88. The Kier molecular flexibility index (Phi) is 14.9. The summed E-state index contributed by atoms with van der Waals surface area (Å²) < 4.78 is 5.34. The van der Waals surface area contributed by atoms with Crippen molar-refractivity contribution in [1.82, 2.24) is 0 Å². The fourth-order valence-electron chi connectivity index (χ4n) is 1.86. The summed E-state index contributed by atoms with van der Waals surface area (Å²) in [6.07, 6.45) is 15.7. The second kappa shape index (κ2) is 15.0. The number of unbranched alkanes of at least 4 members (excludes halogenated alkanes) is 9. The normalized spacial score (nSPS) is 10.9. The van der Waals surface area contributed by atoms with Crippen LogP contribution in [0.3, 0.4) is 0 Å². The Morgan fingerprint density at radius 2 is 1.31 bits per heavy atom. The molecule has 1 heteroatoms. The molecule has 0 bridgehead atoms. The van der Waals surface area contributed by atoms with E-state index in [1.165, 1.54) is 64.2 Å². The predicted octanol–water partition coefficient (Wildman–Crippen LogP) is 4.96. The van der Waals surface area contributed by atoms with Crippen molar-refractivity contribution >= 4 is 0 Å². The molecule has 0 rings (SSSR count). The summed E-state index contributed by atoms with van der Waals surface area (Å²) >= 11 is 0. The first-order chi connectivity index (χ1) is 7.91. The highest BCUT2D eigenvalue weighted by molar-refractivity contribution is 4.63. The van der Waals surface area contributed by atoms with Crippen LogP contribution in [0.2, 0.25) is 0 Å². The van der Waals surface area contributed by atoms with Crippen molar-refractivity contribution in [3.63, 3.8) is 0 Å². The second-order valence-corrected chi connectivity index (χ2v) is 4.55. The zero-order valence-electron chi connectivity index (χ0n) is 11.2. The first-order valence-electron chi connectivity index (χ1n) is 7.10. The molecule has 0 spiro atoms. The molecular formula is C15H30O. The SMILES string of the molecule is [CH2][CH]COCCCCCCCCCCCC. The van der Waals surface area contributed by atoms with Gasteiger partial charge in [0.2, 0.25) is 0 Å². The lowest BCUT2D eigenvalue weighted by Crippen LogP contribution is -1.95. The Labute approximate surface area is 103 Å². The first kappa shape index (κ1) is 16.0. The van der Waals surface area contributed by atoms with E-state index in [-0.39, 0.29) is 0 Å². The maximum absolute atomic E-state index is 5.34. The summed E-state index contributed by atoms with van der Waals surface area (Å²) in [7, 11) is 0. The fraction of sp³-hybridized carbons (Fsp3) is 0.867. The van der Waals surface area contributed by atoms with Gasteiger partial charge >= 0.3 is 0 Å². The van der Waals surface area contributed by atoms with E-state index in [4.69, 9.17) is 4.74 Å². The van der Waals surface area contributed by atoms with Gasteiger partial charge in [-0.25, -0.2) is 0 Å². The first-order valence-corrected chi connectivity index (χ1v) is 7.10. The Morgan fingerprint density at radius 1 is 0.812 bits per heavy atom. The third-order valence-electron chi connectivity index (χ3n) is 2.88. The highest BCUT2D eigenvalue weighted by atomic mass is 16.5. The van der Waals surface area contributed by atoms with Crippen LogP contribution in [0.5, 0.6) is 0 Å². The molecule has 0 aliphatic rings. The third kappa shape index (κ3) is 14.0. The standard InChI is InChI=1S/C15H30O/c1-3-5-6-7-8-9-10-11-12-13-15-16-14-4-2/h4H,2-3,5-15H2,1H3. The van der Waals surface area contributed by atoms with E-state index < -0.39 is 0 Å². The van der Waals surface area contributed by atoms with E-state index in [1.54, 1.807) is 0 Å². The van der Waals surface area contributed by atoms with Gasteiger partial charge in [0, 0.05) is 13.2 Å². The van der Waals surface area contributed by atoms with E-state index in [9.17, 15) is 0 Å². The molecular weight excluding hydrogens is 196 g/mol. The Balaban J connectivity index is 2.83. The van der Waals surface area contributed by atoms with E-state index >= 15 is 0 Å². The van der Waals surface area contributed by atoms with Crippen LogP contribution in [0, 0.1) is 13.3 Å². The van der Waals surface area contributed by atoms with Crippen LogP contribution in [-0.2, 0) is 4.74 Å². The van der Waals surface area contributed by atoms with Crippen molar-refractivity contribution in [2.75, 3.05) is 13.2 Å². The molecule has 0 fully saturated rings. The molecule has 0 amide bonds. The molecule has 0 N–H and O–H groups in total. The van der Waals surface area contributed by atoms with E-state index in [0.29, 0.717) is 6.61 Å². The minimum Gasteiger partial charge on any atom is -0.381 e. The molecule has 16 heavy (non-hydrogen) atoms. The minimum absolute atomic E-state index is 0.706. The van der Waals surface area contributed by atoms with Gasteiger partial charge in [0.25, 0.3) is 0 Å². The summed E-state index contributed by atoms with van der Waals surface area (Å²) in [5.41, 5.74) is 0. The van der Waals surface area contributed by atoms with Gasteiger partial charge in [-0.2, -0.15) is 0 Å². The molecule has 0 aromatic rings. The molecule has 0 saturated carbocycles. The maximum atomic E-state index is 5.34. The van der Waals surface area contributed by atoms with Crippen molar-refractivity contribution < 1.29 is 4.74 Å². The van der Waals surface area contributed by atoms with Crippen LogP contribution in [0.15, 0.2) is 0 Å². The molecule has 0 aromatic carbocycles. The lowest BCUT2D eigenvalue weighted by molar-refractivity contribution is 0.151. The van der Waals surface area contributed by atoms with Crippen LogP contribution in [-0.4, -0.2) is 13.2 Å². The van der Waals surface area contributed by atoms with Gasteiger partial charge in [-0.15, -0.1) is 0 Å². The predicted molar refractivity (Wildman–Crippen MR) is 72.3 cm³/mol. The molecule has 0 saturated heterocycles. The van der Waals surface area contributed by atoms with Crippen molar-refractivity contribution in [1.29, 1.82) is 0 Å². The zero-order valence-corrected chi connectivity index (χ0v) is 11.2. The smallest absolute Gasteiger partial charge is 0.0497 e. The summed E-state index contributed by atoms with van der Waals surface area (Å²) in [6.45, 7) is 7.51. The number of rotatable bonds is 13. The van der Waals surface area contributed by atoms with Crippen molar-refractivity contribution in [2.24, 2.45) is 0 Å². The zero-order chi connectivity index (χ0) is 11.9. The highest BCUT2D eigenvalue weighted by Gasteiger charge is 1.92. The molecule has 0 aliphatic carbocycles. The van der Waals surface area contributed by atoms with E-state index in [1.807, 2.05) is 6.42 Å². The highest BCUT2D eigenvalue weighted by Crippen LogP contribution is 2.10. The van der Waals surface area contributed by atoms with E-state index in [2.05, 4.69) is 13.8 Å². The van der Waals surface area contributed by atoms with Crippen LogP contribution in [0.1, 0.15) is 71.1 Å². The van der Waals surface area contributed by atoms with Crippen molar-refractivity contribution in [3.8, 4) is 0 Å². The molecule has 2 radical (unpaired) electrons. The van der Waals surface area contributed by atoms with Gasteiger partial charge in [-0.1, -0.05) is 64.7 Å². The van der Waals surface area contributed by atoms with Gasteiger partial charge in [-0.05, 0) is 19.8 Å². The van der Waals surface area contributed by atoms with E-state index in [0.717, 1.165) is 6.61 Å². The number of hydrogen-bond donors (Lipinski definition) is 0. The summed E-state index contributed by atoms with van der Waals surface area (Å²) in [6, 6.07) is 0. The lowest BCUT2D eigenvalue weighted by Gasteiger charge is -2.03. The maximum Gasteiger partial charge on any atom is 0.0497 e. The molecule has 96 valence electrons. The monoisotopic (exact) mass is 226 g/mol. The largest absolute Gasteiger partial charge is 0.381 e. The minimum atomic E-state index is 0.706. The molecule has 0 aromatic heterocycles. The van der Waals surface area contributed by atoms with Crippen LogP contribution in [0.4, 0.5) is 0 Å². The Hall–Kier alpha value is -0.0400. The quantitative estimate of drug-likeness (QED) is 0.403. The topological polar surface area (TPSA) is 9.23 Å². The molecule has 0 atom stereocenters. The molecule has 0 heterocycles. The Bertz CT molecular complexity index is 98.0. The average molecular weight is 226 g/mol. The average Bonchev–Trinajstić information content (AvgIpc) is 2.31. The van der Waals surface area contributed by atoms with Crippen LogP contribution >= 0.6 is 0 Å². The van der Waals surface area contributed by atoms with Gasteiger partial charge in [-0.3, -0.25) is 0 Å². The van der Waals surface area contributed by atoms with Gasteiger partial charge in [0.1, 0.15) is 0 Å². The number of ether oxygens (including phenoxy) is 1. The Morgan fingerprint density at radius 3 is 1.81 bits per heavy atom. The van der Waals surface area contributed by atoms with Crippen LogP contribution in [0.25, 0.3) is 0 Å². The van der Waals surface area contributed by atoms with Crippen LogP contribution < -0.4 is 0 Å². The molecule has 0 unspecified atom stereocenters. The fourth-order valence-corrected chi connectivity index (χ4v) is 1.86. The molecule has 0 aliphatic heterocycles. The summed E-state index contributed by atoms with van der Waals surface area (Å²) in [5, 5.41) is 0. The van der Waals surface area contributed by atoms with Gasteiger partial charge in [0.05, 0.1) is 0 Å². The summed E-state index contributed by atoms with van der Waals surface area (Å²) in [4.78, 5) is 0. The lowest BCUT2D eigenvalue weighted by atomic mass is 10.1. The van der Waals surface area contributed by atoms with Crippen molar-refractivity contribution in [3.05, 3.63) is 13.3 Å². The molecule has 1 nitrogen and oxygen atoms in total. The summed E-state index contributed by atoms with van der Waals surface area (Å²) in [5.74, 6) is 0. The second-order valence-electron chi connectivity index (χ2n) is 4.55. The number of hydrogen-bond acceptors (Lipinski definition) is 1. The van der Waals surface area contributed by atoms with Crippen molar-refractivity contribution in [2.45, 2.75) is 71.1 Å². The van der Waals surface area contributed by atoms with Gasteiger partial charge in [0.15, 0.2) is 0 Å².